The number of benzene rings is 1. The molecular weight excluding hydrogens is 263 g/mol. The summed E-state index contributed by atoms with van der Waals surface area (Å²) in [5, 5.41) is 11.7. The van der Waals surface area contributed by atoms with E-state index in [1.807, 2.05) is 0 Å². The van der Waals surface area contributed by atoms with E-state index in [4.69, 9.17) is 10.8 Å². The van der Waals surface area contributed by atoms with E-state index in [1.165, 1.54) is 18.2 Å². The molecule has 0 heterocycles. The SMILES string of the molecule is Nc1c(F)cccc1C(=O)NCC1CCCC1C(=O)O. The molecule has 20 heavy (non-hydrogen) atoms. The summed E-state index contributed by atoms with van der Waals surface area (Å²) in [6, 6.07) is 4.04. The van der Waals surface area contributed by atoms with Crippen LogP contribution in [-0.2, 0) is 4.79 Å². The minimum absolute atomic E-state index is 0.0776. The van der Waals surface area contributed by atoms with Crippen LogP contribution in [0.5, 0.6) is 0 Å². The van der Waals surface area contributed by atoms with Crippen LogP contribution in [-0.4, -0.2) is 23.5 Å². The Labute approximate surface area is 116 Å². The average Bonchev–Trinajstić information content (AvgIpc) is 2.87. The predicted molar refractivity (Wildman–Crippen MR) is 71.6 cm³/mol. The van der Waals surface area contributed by atoms with Gasteiger partial charge in [-0.2, -0.15) is 0 Å². The molecule has 1 fully saturated rings. The Morgan fingerprint density at radius 3 is 2.85 bits per heavy atom. The summed E-state index contributed by atoms with van der Waals surface area (Å²) in [5.74, 6) is -2.43. The second kappa shape index (κ2) is 5.90. The lowest BCUT2D eigenvalue weighted by Gasteiger charge is -2.16. The van der Waals surface area contributed by atoms with Gasteiger partial charge in [-0.05, 0) is 30.9 Å². The standard InChI is InChI=1S/C14H17FN2O3/c15-11-6-2-5-10(12(11)16)13(18)17-7-8-3-1-4-9(8)14(19)20/h2,5-6,8-9H,1,3-4,7,16H2,(H,17,18)(H,19,20). The van der Waals surface area contributed by atoms with Gasteiger partial charge < -0.3 is 16.2 Å². The van der Waals surface area contributed by atoms with Crippen LogP contribution in [0.4, 0.5) is 10.1 Å². The van der Waals surface area contributed by atoms with Crippen molar-refractivity contribution in [2.45, 2.75) is 19.3 Å². The Kier molecular flexibility index (Phi) is 4.22. The van der Waals surface area contributed by atoms with Crippen LogP contribution in [0.1, 0.15) is 29.6 Å². The number of nitrogen functional groups attached to an aromatic ring is 1. The molecule has 1 amide bonds. The van der Waals surface area contributed by atoms with Crippen LogP contribution >= 0.6 is 0 Å². The minimum Gasteiger partial charge on any atom is -0.481 e. The molecule has 1 aromatic carbocycles. The van der Waals surface area contributed by atoms with E-state index in [9.17, 15) is 14.0 Å². The Morgan fingerprint density at radius 1 is 1.40 bits per heavy atom. The number of carbonyl (C=O) groups excluding carboxylic acids is 1. The summed E-state index contributed by atoms with van der Waals surface area (Å²) in [7, 11) is 0. The molecule has 2 atom stereocenters. The van der Waals surface area contributed by atoms with Gasteiger partial charge in [0, 0.05) is 6.54 Å². The van der Waals surface area contributed by atoms with Crippen molar-refractivity contribution in [3.05, 3.63) is 29.6 Å². The first-order valence-corrected chi connectivity index (χ1v) is 6.55. The van der Waals surface area contributed by atoms with Crippen molar-refractivity contribution in [3.8, 4) is 0 Å². The van der Waals surface area contributed by atoms with E-state index in [1.54, 1.807) is 0 Å². The number of nitrogens with two attached hydrogens (primary N) is 1. The van der Waals surface area contributed by atoms with Crippen molar-refractivity contribution in [1.29, 1.82) is 0 Å². The summed E-state index contributed by atoms with van der Waals surface area (Å²) in [5.41, 5.74) is 5.40. The molecule has 0 radical (unpaired) electrons. The van der Waals surface area contributed by atoms with E-state index in [2.05, 4.69) is 5.32 Å². The fraction of sp³-hybridized carbons (Fsp3) is 0.429. The molecule has 0 bridgehead atoms. The van der Waals surface area contributed by atoms with Gasteiger partial charge in [-0.15, -0.1) is 0 Å². The number of halogens is 1. The van der Waals surface area contributed by atoms with E-state index in [0.717, 1.165) is 12.8 Å². The largest absolute Gasteiger partial charge is 0.481 e. The maximum atomic E-state index is 13.3. The minimum atomic E-state index is -0.827. The van der Waals surface area contributed by atoms with Gasteiger partial charge in [0.05, 0.1) is 17.2 Å². The van der Waals surface area contributed by atoms with Crippen molar-refractivity contribution in [1.82, 2.24) is 5.32 Å². The Bertz CT molecular complexity index is 533. The molecule has 4 N–H and O–H groups in total. The fourth-order valence-corrected chi connectivity index (χ4v) is 2.66. The number of para-hydroxylation sites is 1. The van der Waals surface area contributed by atoms with Crippen LogP contribution in [0.2, 0.25) is 0 Å². The van der Waals surface area contributed by atoms with Gasteiger partial charge in [-0.3, -0.25) is 9.59 Å². The highest BCUT2D eigenvalue weighted by Crippen LogP contribution is 2.31. The first-order chi connectivity index (χ1) is 9.50. The topological polar surface area (TPSA) is 92.4 Å². The first kappa shape index (κ1) is 14.3. The molecule has 1 aromatic rings. The summed E-state index contributed by atoms with van der Waals surface area (Å²) < 4.78 is 13.3. The van der Waals surface area contributed by atoms with Crippen LogP contribution in [0.25, 0.3) is 0 Å². The lowest BCUT2D eigenvalue weighted by atomic mass is 9.96. The predicted octanol–water partition coefficient (Wildman–Crippen LogP) is 1.64. The number of carbonyl (C=O) groups is 2. The zero-order valence-electron chi connectivity index (χ0n) is 10.9. The zero-order chi connectivity index (χ0) is 14.7. The summed E-state index contributed by atoms with van der Waals surface area (Å²) >= 11 is 0. The van der Waals surface area contributed by atoms with Crippen molar-refractivity contribution in [3.63, 3.8) is 0 Å². The second-order valence-corrected chi connectivity index (χ2v) is 5.05. The molecule has 108 valence electrons. The molecule has 0 spiro atoms. The van der Waals surface area contributed by atoms with Crippen molar-refractivity contribution in [2.24, 2.45) is 11.8 Å². The van der Waals surface area contributed by atoms with Gasteiger partial charge in [0.15, 0.2) is 0 Å². The summed E-state index contributed by atoms with van der Waals surface area (Å²) in [6.07, 6.45) is 2.26. The van der Waals surface area contributed by atoms with E-state index in [-0.39, 0.29) is 23.7 Å². The molecule has 6 heteroatoms. The van der Waals surface area contributed by atoms with Gasteiger partial charge in [-0.25, -0.2) is 4.39 Å². The number of carboxylic acids is 1. The van der Waals surface area contributed by atoms with Crippen LogP contribution in [0.15, 0.2) is 18.2 Å². The van der Waals surface area contributed by atoms with Gasteiger partial charge in [0.2, 0.25) is 0 Å². The molecule has 1 aliphatic carbocycles. The maximum absolute atomic E-state index is 13.3. The number of hydrogen-bond acceptors (Lipinski definition) is 3. The van der Waals surface area contributed by atoms with E-state index >= 15 is 0 Å². The van der Waals surface area contributed by atoms with Gasteiger partial charge in [-0.1, -0.05) is 12.5 Å². The highest BCUT2D eigenvalue weighted by molar-refractivity contribution is 5.99. The normalized spacial score (nSPS) is 21.6. The summed E-state index contributed by atoms with van der Waals surface area (Å²) in [6.45, 7) is 0.270. The molecule has 1 saturated carbocycles. The van der Waals surface area contributed by atoms with Crippen LogP contribution in [0.3, 0.4) is 0 Å². The highest BCUT2D eigenvalue weighted by Gasteiger charge is 2.33. The number of carboxylic acid groups (broad SMARTS) is 1. The number of anilines is 1. The molecule has 1 aliphatic rings. The monoisotopic (exact) mass is 280 g/mol. The third-order valence-electron chi connectivity index (χ3n) is 3.80. The third-order valence-corrected chi connectivity index (χ3v) is 3.80. The molecule has 0 saturated heterocycles. The summed E-state index contributed by atoms with van der Waals surface area (Å²) in [4.78, 5) is 23.0. The van der Waals surface area contributed by atoms with E-state index < -0.39 is 23.6 Å². The number of rotatable bonds is 4. The van der Waals surface area contributed by atoms with Gasteiger partial charge in [0.25, 0.3) is 5.91 Å². The number of aliphatic carboxylic acids is 1. The smallest absolute Gasteiger partial charge is 0.306 e. The Morgan fingerprint density at radius 2 is 2.15 bits per heavy atom. The third kappa shape index (κ3) is 2.89. The fourth-order valence-electron chi connectivity index (χ4n) is 2.66. The molecule has 0 aromatic heterocycles. The first-order valence-electron chi connectivity index (χ1n) is 6.55. The average molecular weight is 280 g/mol. The van der Waals surface area contributed by atoms with Crippen LogP contribution < -0.4 is 11.1 Å². The molecule has 0 aliphatic heterocycles. The van der Waals surface area contributed by atoms with Gasteiger partial charge in [0.1, 0.15) is 5.82 Å². The zero-order valence-corrected chi connectivity index (χ0v) is 10.9. The molecular formula is C14H17FN2O3. The Balaban J connectivity index is 1.99. The maximum Gasteiger partial charge on any atom is 0.306 e. The number of amides is 1. The molecule has 2 unspecified atom stereocenters. The van der Waals surface area contributed by atoms with Crippen molar-refractivity contribution >= 4 is 17.6 Å². The lowest BCUT2D eigenvalue weighted by molar-refractivity contribution is -0.142. The van der Waals surface area contributed by atoms with Crippen molar-refractivity contribution in [2.75, 3.05) is 12.3 Å². The highest BCUT2D eigenvalue weighted by atomic mass is 19.1. The van der Waals surface area contributed by atoms with Crippen molar-refractivity contribution < 1.29 is 19.1 Å². The van der Waals surface area contributed by atoms with Crippen LogP contribution in [0, 0.1) is 17.7 Å². The quantitative estimate of drug-likeness (QED) is 0.731. The number of hydrogen-bond donors (Lipinski definition) is 3. The lowest BCUT2D eigenvalue weighted by Crippen LogP contribution is -2.33. The molecule has 2 rings (SSSR count). The van der Waals surface area contributed by atoms with E-state index in [0.29, 0.717) is 6.42 Å². The second-order valence-electron chi connectivity index (χ2n) is 5.05. The number of nitrogens with one attached hydrogen (secondary N) is 1. The Hall–Kier alpha value is -2.11. The van der Waals surface area contributed by atoms with Gasteiger partial charge >= 0.3 is 5.97 Å². The molecule has 5 nitrogen and oxygen atoms in total.